The average Bonchev–Trinajstić information content (AvgIpc) is 2.63. The summed E-state index contributed by atoms with van der Waals surface area (Å²) in [4.78, 5) is 24.3. The number of benzene rings is 2. The van der Waals surface area contributed by atoms with Crippen molar-refractivity contribution < 1.29 is 19.1 Å². The van der Waals surface area contributed by atoms with Gasteiger partial charge in [0.25, 0.3) is 0 Å². The largest absolute Gasteiger partial charge is 0.497 e. The second kappa shape index (κ2) is 9.32. The van der Waals surface area contributed by atoms with Gasteiger partial charge in [0.2, 0.25) is 0 Å². The first-order valence-electron chi connectivity index (χ1n) is 8.12. The third kappa shape index (κ3) is 5.53. The van der Waals surface area contributed by atoms with Gasteiger partial charge < -0.3 is 20.1 Å². The molecule has 6 nitrogen and oxygen atoms in total. The summed E-state index contributed by atoms with van der Waals surface area (Å²) >= 11 is 0. The predicted octanol–water partition coefficient (Wildman–Crippen LogP) is 4.30. The molecule has 0 saturated carbocycles. The highest BCUT2D eigenvalue weighted by atomic mass is 16.5. The third-order valence-corrected chi connectivity index (χ3v) is 3.47. The number of unbranched alkanes of at least 4 members (excludes halogenated alkanes) is 1. The number of anilines is 2. The van der Waals surface area contributed by atoms with Gasteiger partial charge in [0.05, 0.1) is 25.0 Å². The zero-order chi connectivity index (χ0) is 18.1. The molecule has 6 heteroatoms. The fraction of sp³-hybridized carbons (Fsp3) is 0.263. The van der Waals surface area contributed by atoms with Crippen LogP contribution in [0.3, 0.4) is 0 Å². The molecule has 0 bridgehead atoms. The summed E-state index contributed by atoms with van der Waals surface area (Å²) in [6.45, 7) is 2.38. The van der Waals surface area contributed by atoms with Crippen LogP contribution in [-0.2, 0) is 4.74 Å². The summed E-state index contributed by atoms with van der Waals surface area (Å²) in [6, 6.07) is 13.2. The van der Waals surface area contributed by atoms with Crippen molar-refractivity contribution in [2.24, 2.45) is 0 Å². The number of nitrogens with one attached hydrogen (secondary N) is 2. The Hall–Kier alpha value is -3.02. The Bertz CT molecular complexity index is 714. The van der Waals surface area contributed by atoms with Gasteiger partial charge >= 0.3 is 12.0 Å². The molecule has 0 aliphatic heterocycles. The molecule has 0 radical (unpaired) electrons. The molecule has 2 N–H and O–H groups in total. The van der Waals surface area contributed by atoms with Crippen LogP contribution in [0.4, 0.5) is 16.2 Å². The number of rotatable bonds is 7. The predicted molar refractivity (Wildman–Crippen MR) is 97.3 cm³/mol. The number of amides is 2. The fourth-order valence-corrected chi connectivity index (χ4v) is 2.12. The molecule has 2 aromatic rings. The molecule has 2 rings (SSSR count). The van der Waals surface area contributed by atoms with Crippen LogP contribution in [-0.4, -0.2) is 25.7 Å². The first-order valence-corrected chi connectivity index (χ1v) is 8.12. The van der Waals surface area contributed by atoms with Crippen molar-refractivity contribution in [1.82, 2.24) is 0 Å². The smallest absolute Gasteiger partial charge is 0.340 e. The number of hydrogen-bond donors (Lipinski definition) is 2. The van der Waals surface area contributed by atoms with Crippen LogP contribution in [0.5, 0.6) is 5.75 Å². The van der Waals surface area contributed by atoms with Crippen molar-refractivity contribution in [2.45, 2.75) is 19.8 Å². The fourth-order valence-electron chi connectivity index (χ4n) is 2.12. The Morgan fingerprint density at radius 1 is 1.00 bits per heavy atom. The molecule has 0 atom stereocenters. The number of carbonyl (C=O) groups is 2. The lowest BCUT2D eigenvalue weighted by Gasteiger charge is -2.12. The Balaban J connectivity index is 2.01. The number of hydrogen-bond acceptors (Lipinski definition) is 4. The number of urea groups is 1. The van der Waals surface area contributed by atoms with E-state index in [0.29, 0.717) is 29.3 Å². The molecule has 0 aliphatic carbocycles. The molecule has 0 aromatic heterocycles. The topological polar surface area (TPSA) is 76.7 Å². The Kier molecular flexibility index (Phi) is 6.83. The van der Waals surface area contributed by atoms with Crippen molar-refractivity contribution in [1.29, 1.82) is 0 Å². The summed E-state index contributed by atoms with van der Waals surface area (Å²) < 4.78 is 10.3. The van der Waals surface area contributed by atoms with E-state index in [1.54, 1.807) is 55.6 Å². The highest BCUT2D eigenvalue weighted by molar-refractivity contribution is 6.05. The molecule has 0 fully saturated rings. The van der Waals surface area contributed by atoms with Crippen LogP contribution in [0.15, 0.2) is 48.5 Å². The van der Waals surface area contributed by atoms with E-state index in [1.165, 1.54) is 0 Å². The maximum Gasteiger partial charge on any atom is 0.340 e. The first kappa shape index (κ1) is 18.3. The molecule has 132 valence electrons. The van der Waals surface area contributed by atoms with Crippen LogP contribution in [0.25, 0.3) is 0 Å². The Morgan fingerprint density at radius 2 is 1.72 bits per heavy atom. The molecule has 0 aliphatic rings. The van der Waals surface area contributed by atoms with Gasteiger partial charge in [-0.2, -0.15) is 0 Å². The van der Waals surface area contributed by atoms with Gasteiger partial charge in [-0.15, -0.1) is 0 Å². The summed E-state index contributed by atoms with van der Waals surface area (Å²) in [5.74, 6) is 0.250. The van der Waals surface area contributed by atoms with E-state index in [1.807, 2.05) is 6.92 Å². The van der Waals surface area contributed by atoms with E-state index >= 15 is 0 Å². The summed E-state index contributed by atoms with van der Waals surface area (Å²) in [7, 11) is 1.58. The maximum atomic E-state index is 12.2. The summed E-state index contributed by atoms with van der Waals surface area (Å²) in [6.07, 6.45) is 1.75. The van der Waals surface area contributed by atoms with Gasteiger partial charge in [0.15, 0.2) is 0 Å². The van der Waals surface area contributed by atoms with Gasteiger partial charge in [-0.1, -0.05) is 25.5 Å². The molecule has 0 heterocycles. The normalized spacial score (nSPS) is 10.0. The van der Waals surface area contributed by atoms with Gasteiger partial charge in [-0.25, -0.2) is 9.59 Å². The van der Waals surface area contributed by atoms with Gasteiger partial charge in [0, 0.05) is 5.69 Å². The van der Waals surface area contributed by atoms with E-state index < -0.39 is 12.0 Å². The lowest BCUT2D eigenvalue weighted by molar-refractivity contribution is 0.0501. The number of esters is 1. The van der Waals surface area contributed by atoms with Crippen molar-refractivity contribution in [3.05, 3.63) is 54.1 Å². The van der Waals surface area contributed by atoms with E-state index in [2.05, 4.69) is 10.6 Å². The first-order chi connectivity index (χ1) is 12.1. The van der Waals surface area contributed by atoms with Crippen molar-refractivity contribution in [3.63, 3.8) is 0 Å². The lowest BCUT2D eigenvalue weighted by Crippen LogP contribution is -2.21. The minimum Gasteiger partial charge on any atom is -0.497 e. The summed E-state index contributed by atoms with van der Waals surface area (Å²) in [5.41, 5.74) is 1.33. The number of methoxy groups -OCH3 is 1. The molecule has 0 spiro atoms. The van der Waals surface area contributed by atoms with E-state index in [9.17, 15) is 9.59 Å². The minimum absolute atomic E-state index is 0.323. The molecule has 25 heavy (non-hydrogen) atoms. The quantitative estimate of drug-likeness (QED) is 0.581. The number of para-hydroxylation sites is 1. The van der Waals surface area contributed by atoms with Crippen LogP contribution in [0.1, 0.15) is 30.1 Å². The molecular weight excluding hydrogens is 320 g/mol. The zero-order valence-corrected chi connectivity index (χ0v) is 14.4. The van der Waals surface area contributed by atoms with E-state index in [0.717, 1.165) is 12.8 Å². The maximum absolute atomic E-state index is 12.2. The van der Waals surface area contributed by atoms with Gasteiger partial charge in [0.1, 0.15) is 5.75 Å². The van der Waals surface area contributed by atoms with Crippen LogP contribution >= 0.6 is 0 Å². The standard InChI is InChI=1S/C19H22N2O4/c1-3-4-13-25-18(22)16-7-5-6-8-17(16)21-19(23)20-14-9-11-15(24-2)12-10-14/h5-12H,3-4,13H2,1-2H3,(H2,20,21,23). The van der Waals surface area contributed by atoms with Crippen molar-refractivity contribution in [2.75, 3.05) is 24.4 Å². The molecule has 2 aromatic carbocycles. The van der Waals surface area contributed by atoms with Gasteiger partial charge in [-0.05, 0) is 42.8 Å². The molecular formula is C19H22N2O4. The Morgan fingerprint density at radius 3 is 2.40 bits per heavy atom. The van der Waals surface area contributed by atoms with E-state index in [-0.39, 0.29) is 0 Å². The van der Waals surface area contributed by atoms with Crippen molar-refractivity contribution >= 4 is 23.4 Å². The van der Waals surface area contributed by atoms with Gasteiger partial charge in [-0.3, -0.25) is 0 Å². The Labute approximate surface area is 147 Å². The van der Waals surface area contributed by atoms with Crippen LogP contribution < -0.4 is 15.4 Å². The molecule has 0 saturated heterocycles. The lowest BCUT2D eigenvalue weighted by atomic mass is 10.2. The second-order valence-electron chi connectivity index (χ2n) is 5.34. The number of ether oxygens (including phenoxy) is 2. The minimum atomic E-state index is -0.450. The number of carbonyl (C=O) groups excluding carboxylic acids is 2. The SMILES string of the molecule is CCCCOC(=O)c1ccccc1NC(=O)Nc1ccc(OC)cc1. The van der Waals surface area contributed by atoms with Crippen LogP contribution in [0, 0.1) is 0 Å². The third-order valence-electron chi connectivity index (χ3n) is 3.47. The average molecular weight is 342 g/mol. The zero-order valence-electron chi connectivity index (χ0n) is 14.4. The molecule has 0 unspecified atom stereocenters. The highest BCUT2D eigenvalue weighted by Crippen LogP contribution is 2.18. The monoisotopic (exact) mass is 342 g/mol. The summed E-state index contributed by atoms with van der Waals surface area (Å²) in [5, 5.41) is 5.38. The second-order valence-corrected chi connectivity index (χ2v) is 5.34. The van der Waals surface area contributed by atoms with E-state index in [4.69, 9.17) is 9.47 Å². The highest BCUT2D eigenvalue weighted by Gasteiger charge is 2.14. The van der Waals surface area contributed by atoms with Crippen LogP contribution in [0.2, 0.25) is 0 Å². The van der Waals surface area contributed by atoms with Crippen molar-refractivity contribution in [3.8, 4) is 5.75 Å². The molecule has 2 amide bonds.